The normalized spacial score (nSPS) is 33.8. The summed E-state index contributed by atoms with van der Waals surface area (Å²) in [6, 6.07) is 0. The van der Waals surface area contributed by atoms with E-state index < -0.39 is 23.5 Å². The monoisotopic (exact) mass is 1010 g/mol. The summed E-state index contributed by atoms with van der Waals surface area (Å²) in [5.41, 5.74) is -0.345. The maximum Gasteiger partial charge on any atom is 0.268 e. The van der Waals surface area contributed by atoms with E-state index >= 15 is 0 Å². The zero-order valence-electron chi connectivity index (χ0n) is 42.9. The summed E-state index contributed by atoms with van der Waals surface area (Å²) in [5.74, 6) is 1.59. The van der Waals surface area contributed by atoms with Gasteiger partial charge in [-0.25, -0.2) is 0 Å². The van der Waals surface area contributed by atoms with E-state index in [1.54, 1.807) is 0 Å². The lowest BCUT2D eigenvalue weighted by Crippen LogP contribution is -2.63. The molecule has 0 spiro atoms. The summed E-state index contributed by atoms with van der Waals surface area (Å²) in [4.78, 5) is 37.9. The van der Waals surface area contributed by atoms with E-state index in [1.165, 1.54) is 0 Å². The van der Waals surface area contributed by atoms with Gasteiger partial charge in [-0.2, -0.15) is 0 Å². The van der Waals surface area contributed by atoms with Gasteiger partial charge in [0.2, 0.25) is 0 Å². The lowest BCUT2D eigenvalue weighted by atomic mass is 9.43. The lowest BCUT2D eigenvalue weighted by Gasteiger charge is -2.64. The largest absolute Gasteiger partial charge is 0.756 e. The van der Waals surface area contributed by atoms with Crippen LogP contribution in [0.15, 0.2) is 0 Å². The fraction of sp³-hybridized carbons (Fsp3) is 1.00. The molecule has 14 atom stereocenters. The molecule has 0 aliphatic heterocycles. The summed E-state index contributed by atoms with van der Waals surface area (Å²) in [7, 11) is 4.07. The van der Waals surface area contributed by atoms with Gasteiger partial charge in [0.25, 0.3) is 23.5 Å². The van der Waals surface area contributed by atoms with E-state index in [1.807, 2.05) is 63.4 Å². The van der Waals surface area contributed by atoms with Gasteiger partial charge in [0.05, 0.1) is 121 Å². The minimum Gasteiger partial charge on any atom is -0.756 e. The van der Waals surface area contributed by atoms with Crippen LogP contribution in [-0.2, 0) is 55.0 Å². The molecule has 4 fully saturated rings. The highest BCUT2D eigenvalue weighted by Crippen LogP contribution is 2.69. The van der Waals surface area contributed by atoms with Gasteiger partial charge >= 0.3 is 0 Å². The molecule has 0 radical (unpaired) electrons. The Morgan fingerprint density at radius 2 is 1.03 bits per heavy atom. The first-order chi connectivity index (χ1) is 30.4. The lowest BCUT2D eigenvalue weighted by molar-refractivity contribution is -0.870. The average Bonchev–Trinajstić information content (AvgIpc) is 3.53. The van der Waals surface area contributed by atoms with Crippen molar-refractivity contribution in [2.24, 2.45) is 46.3 Å². The predicted octanol–water partition coefficient (Wildman–Crippen LogP) is 5.08. The van der Waals surface area contributed by atoms with Crippen LogP contribution in [0.5, 0.6) is 0 Å². The molecule has 4 rings (SSSR count). The van der Waals surface area contributed by atoms with Crippen molar-refractivity contribution >= 4 is 23.5 Å². The molecule has 0 aromatic rings. The Kier molecular flexibility index (Phi) is 21.5. The summed E-state index contributed by atoms with van der Waals surface area (Å²) in [6.45, 7) is 10.8. The van der Waals surface area contributed by atoms with Crippen LogP contribution in [-0.4, -0.2) is 174 Å². The molecule has 66 heavy (non-hydrogen) atoms. The predicted molar refractivity (Wildman–Crippen MR) is 247 cm³/mol. The van der Waals surface area contributed by atoms with Gasteiger partial charge < -0.3 is 69.5 Å². The van der Waals surface area contributed by atoms with Crippen LogP contribution in [0, 0.1) is 46.3 Å². The molecular formula is C45H90N3O15P3. The average molecular weight is 1010 g/mol. The number of fused-ring (bicyclic) bond motifs is 5. The Balaban J connectivity index is 1.53. The molecule has 0 heterocycles. The van der Waals surface area contributed by atoms with Gasteiger partial charge in [0, 0.05) is 5.41 Å². The number of phosphoric ester groups is 3. The maximum absolute atomic E-state index is 12.7. The van der Waals surface area contributed by atoms with Crippen LogP contribution in [0.3, 0.4) is 0 Å². The zero-order chi connectivity index (χ0) is 49.4. The molecule has 0 aromatic carbocycles. The van der Waals surface area contributed by atoms with E-state index in [0.29, 0.717) is 44.9 Å². The van der Waals surface area contributed by atoms with Crippen molar-refractivity contribution in [3.63, 3.8) is 0 Å². The van der Waals surface area contributed by atoms with Crippen molar-refractivity contribution in [3.8, 4) is 0 Å². The Morgan fingerprint density at radius 3 is 1.50 bits per heavy atom. The van der Waals surface area contributed by atoms with Crippen LogP contribution in [0.1, 0.15) is 85.5 Å². The van der Waals surface area contributed by atoms with Gasteiger partial charge in [-0.3, -0.25) is 13.7 Å². The molecule has 0 N–H and O–H groups in total. The number of hydrogen-bond acceptors (Lipinski definition) is 15. The highest BCUT2D eigenvalue weighted by molar-refractivity contribution is 7.46. The molecular weight excluding hydrogens is 915 g/mol. The highest BCUT2D eigenvalue weighted by Gasteiger charge is 2.66. The molecule has 390 valence electrons. The van der Waals surface area contributed by atoms with Crippen molar-refractivity contribution in [3.05, 3.63) is 0 Å². The molecule has 4 aliphatic carbocycles. The second-order valence-electron chi connectivity index (χ2n) is 23.2. The second-order valence-corrected chi connectivity index (χ2v) is 27.4. The van der Waals surface area contributed by atoms with E-state index in [-0.39, 0.29) is 112 Å². The molecule has 0 amide bonds. The third-order valence-electron chi connectivity index (χ3n) is 15.2. The van der Waals surface area contributed by atoms with Crippen molar-refractivity contribution in [1.29, 1.82) is 0 Å². The third-order valence-corrected chi connectivity index (χ3v) is 18.2. The molecule has 21 heteroatoms. The topological polar surface area (TPSA) is 203 Å². The summed E-state index contributed by atoms with van der Waals surface area (Å²) < 4.78 is 90.8. The van der Waals surface area contributed by atoms with Crippen molar-refractivity contribution in [1.82, 2.24) is 0 Å². The number of ether oxygens (including phenoxy) is 3. The summed E-state index contributed by atoms with van der Waals surface area (Å²) >= 11 is 0. The fourth-order valence-electron chi connectivity index (χ4n) is 11.7. The first-order valence-corrected chi connectivity index (χ1v) is 28.8. The molecule has 18 nitrogen and oxygen atoms in total. The van der Waals surface area contributed by atoms with Gasteiger partial charge in [0.1, 0.15) is 39.5 Å². The smallest absolute Gasteiger partial charge is 0.268 e. The van der Waals surface area contributed by atoms with Crippen LogP contribution in [0.25, 0.3) is 0 Å². The number of hydrogen-bond donors (Lipinski definition) is 0. The zero-order valence-corrected chi connectivity index (χ0v) is 45.5. The van der Waals surface area contributed by atoms with Crippen LogP contribution in [0.4, 0.5) is 0 Å². The Bertz CT molecular complexity index is 1640. The minimum atomic E-state index is -4.54. The van der Waals surface area contributed by atoms with E-state index in [0.717, 1.165) is 57.8 Å². The van der Waals surface area contributed by atoms with Gasteiger partial charge in [0.15, 0.2) is 0 Å². The van der Waals surface area contributed by atoms with E-state index in [4.69, 9.17) is 41.4 Å². The minimum absolute atomic E-state index is 0.0160. The fourth-order valence-corrected chi connectivity index (χ4v) is 13.8. The maximum atomic E-state index is 12.7. The first kappa shape index (κ1) is 58.7. The number of quaternary nitrogens is 3. The van der Waals surface area contributed by atoms with Crippen molar-refractivity contribution < 1.29 is 83.2 Å². The molecule has 4 aliphatic rings. The number of likely N-dealkylation sites (N-methyl/N-ethyl adjacent to an activating group) is 3. The number of rotatable bonds is 30. The molecule has 0 saturated heterocycles. The van der Waals surface area contributed by atoms with Gasteiger partial charge in [-0.15, -0.1) is 0 Å². The van der Waals surface area contributed by atoms with Crippen molar-refractivity contribution in [2.75, 3.05) is 143 Å². The van der Waals surface area contributed by atoms with Crippen LogP contribution in [0.2, 0.25) is 0 Å². The summed E-state index contributed by atoms with van der Waals surface area (Å²) in [6.07, 6.45) is 7.67. The highest BCUT2D eigenvalue weighted by atomic mass is 31.2. The second kappa shape index (κ2) is 24.2. The SMILES string of the molecule is CCC[C@@H](C)[C@H]1CC[C@H]2[C@@H]3[C@H](OCCOP(=O)([O-])OCC[N+](C)(C)C)C[C@@H]4C[C@H](OCCOP(=O)([O-])OCC[N+](C)(C)C)CC[C@]4(C)[C@H]3C[C@H](OCCOP(=O)([O-])OCC[N+](C)(C)C)[C@]12C. The van der Waals surface area contributed by atoms with Crippen LogP contribution >= 0.6 is 23.5 Å². The Morgan fingerprint density at radius 1 is 0.576 bits per heavy atom. The molecule has 0 bridgehead atoms. The number of nitrogens with zero attached hydrogens (tertiary/aromatic N) is 3. The van der Waals surface area contributed by atoms with Crippen LogP contribution < -0.4 is 14.7 Å². The van der Waals surface area contributed by atoms with E-state index in [2.05, 4.69) is 27.7 Å². The molecule has 3 unspecified atom stereocenters. The van der Waals surface area contributed by atoms with Crippen molar-refractivity contribution in [2.45, 2.75) is 104 Å². The Hall–Kier alpha value is 0.0900. The standard InChI is InChI=1S/C45H90N3O15P3/c1-14-15-35(2)38-16-17-39-43-40(34-42(45(38,39)4)57-28-31-63-66(53,54)60-25-22-48(11,12)13)44(3)19-18-37(55-26-29-61-64(49,50)58-23-20-46(5,6)7)32-36(44)33-41(43)56-27-30-62-65(51,52)59-24-21-47(8,9)10/h35-43H,14-34H2,1-13H3/t35-,36+,37-,38-,39+,40+,41-,42+,43+,44+,45-/m1/s1. The summed E-state index contributed by atoms with van der Waals surface area (Å²) in [5, 5.41) is 0. The quantitative estimate of drug-likeness (QED) is 0.0523. The van der Waals surface area contributed by atoms with Gasteiger partial charge in [-0.1, -0.05) is 40.5 Å². The first-order valence-electron chi connectivity index (χ1n) is 24.5. The van der Waals surface area contributed by atoms with Gasteiger partial charge in [-0.05, 0) is 85.9 Å². The van der Waals surface area contributed by atoms with E-state index in [9.17, 15) is 28.4 Å². The molecule has 4 saturated carbocycles. The number of phosphoric acid groups is 3. The Labute approximate surface area is 398 Å². The molecule has 0 aromatic heterocycles. The third kappa shape index (κ3) is 17.7.